The molecule has 4 N–H and O–H groups in total. The second kappa shape index (κ2) is 14.0. The summed E-state index contributed by atoms with van der Waals surface area (Å²) in [5.41, 5.74) is 9.50. The van der Waals surface area contributed by atoms with Crippen LogP contribution in [0, 0.1) is 12.7 Å². The fourth-order valence-electron chi connectivity index (χ4n) is 5.56. The van der Waals surface area contributed by atoms with E-state index in [1.807, 2.05) is 26.0 Å². The molecular formula is C33H36ClFN6O7. The zero-order chi connectivity index (χ0) is 34.2. The summed E-state index contributed by atoms with van der Waals surface area (Å²) < 4.78 is 27.1. The molecule has 6 rings (SSSR count). The van der Waals surface area contributed by atoms with E-state index in [4.69, 9.17) is 14.9 Å². The van der Waals surface area contributed by atoms with Crippen molar-refractivity contribution >= 4 is 47.0 Å². The zero-order valence-electron chi connectivity index (χ0n) is 27.0. The number of aryl methyl sites for hydroxylation is 1. The van der Waals surface area contributed by atoms with E-state index in [1.54, 1.807) is 43.5 Å². The second-order valence-corrected chi connectivity index (χ2v) is 12.1. The van der Waals surface area contributed by atoms with Gasteiger partial charge in [0, 0.05) is 19.2 Å². The van der Waals surface area contributed by atoms with Crippen LogP contribution in [0.25, 0.3) is 16.7 Å². The Morgan fingerprint density at radius 3 is 2.56 bits per heavy atom. The first-order chi connectivity index (χ1) is 22.2. The van der Waals surface area contributed by atoms with E-state index in [1.165, 1.54) is 0 Å². The van der Waals surface area contributed by atoms with Crippen molar-refractivity contribution in [3.8, 4) is 0 Å². The third-order valence-electron chi connectivity index (χ3n) is 7.78. The largest absolute Gasteiger partial charge is 0.477 e. The lowest BCUT2D eigenvalue weighted by atomic mass is 9.97. The predicted octanol–water partition coefficient (Wildman–Crippen LogP) is 4.74. The van der Waals surface area contributed by atoms with Crippen LogP contribution in [0.2, 0.25) is 0 Å². The van der Waals surface area contributed by atoms with Crippen LogP contribution in [0.1, 0.15) is 93.7 Å². The number of benzene rings is 2. The first kappa shape index (κ1) is 35.8. The van der Waals surface area contributed by atoms with Gasteiger partial charge in [-0.25, -0.2) is 28.3 Å². The minimum Gasteiger partial charge on any atom is -0.477 e. The number of esters is 1. The lowest BCUT2D eigenvalue weighted by molar-refractivity contribution is 0.00682. The normalized spacial score (nSPS) is 13.8. The molecule has 0 aliphatic heterocycles. The number of halogens is 2. The first-order valence-corrected chi connectivity index (χ1v) is 15.0. The van der Waals surface area contributed by atoms with E-state index in [-0.39, 0.29) is 35.5 Å². The predicted molar refractivity (Wildman–Crippen MR) is 176 cm³/mol. The van der Waals surface area contributed by atoms with Gasteiger partial charge < -0.3 is 25.3 Å². The smallest absolute Gasteiger partial charge is 0.419 e. The van der Waals surface area contributed by atoms with Crippen LogP contribution in [0.5, 0.6) is 0 Å². The van der Waals surface area contributed by atoms with Gasteiger partial charge in [-0.1, -0.05) is 12.1 Å². The van der Waals surface area contributed by atoms with Crippen LogP contribution in [-0.2, 0) is 24.2 Å². The number of carbonyl (C=O) groups is 3. The highest BCUT2D eigenvalue weighted by atomic mass is 35.5. The highest BCUT2D eigenvalue weighted by Crippen LogP contribution is 2.35. The molecule has 1 aliphatic carbocycles. The van der Waals surface area contributed by atoms with Gasteiger partial charge in [-0.05, 0) is 87.9 Å². The summed E-state index contributed by atoms with van der Waals surface area (Å²) in [6.45, 7) is 10.2. The molecule has 15 heteroatoms. The molecule has 1 amide bonds. The number of fused-ring (bicyclic) bond motifs is 3. The topological polar surface area (TPSA) is 184 Å². The summed E-state index contributed by atoms with van der Waals surface area (Å²) in [7, 11) is 0. The Labute approximate surface area is 280 Å². The van der Waals surface area contributed by atoms with Gasteiger partial charge in [-0.3, -0.25) is 9.36 Å². The van der Waals surface area contributed by atoms with Crippen molar-refractivity contribution in [3.05, 3.63) is 98.2 Å². The molecule has 0 unspecified atom stereocenters. The molecule has 13 nitrogen and oxygen atoms in total. The van der Waals surface area contributed by atoms with E-state index >= 15 is 0 Å². The number of carbonyl (C=O) groups excluding carboxylic acids is 2. The quantitative estimate of drug-likeness (QED) is 0.211. The van der Waals surface area contributed by atoms with E-state index in [9.17, 15) is 28.7 Å². The van der Waals surface area contributed by atoms with Crippen molar-refractivity contribution in [3.63, 3.8) is 0 Å². The van der Waals surface area contributed by atoms with Crippen molar-refractivity contribution in [1.82, 2.24) is 24.5 Å². The van der Waals surface area contributed by atoms with Crippen LogP contribution in [0.4, 0.5) is 4.39 Å². The number of hydrogen-bond acceptors (Lipinski definition) is 9. The van der Waals surface area contributed by atoms with E-state index in [0.29, 0.717) is 37.1 Å². The monoisotopic (exact) mass is 682 g/mol. The van der Waals surface area contributed by atoms with Gasteiger partial charge >= 0.3 is 17.7 Å². The van der Waals surface area contributed by atoms with Crippen molar-refractivity contribution in [2.24, 2.45) is 5.73 Å². The SMILES string of the molecule is CCn1c(=O)oc2ccc(CN)cc21.Cc1c(C(=O)OC(C)(C)C)ccc2c1CC[C@@H]2NC(=O)c1cc(C(=O)O)nc2c(F)cnn12.Cl. The minimum atomic E-state index is -1.39. The lowest BCUT2D eigenvalue weighted by Gasteiger charge is -2.21. The molecule has 1 atom stereocenters. The molecule has 0 bridgehead atoms. The van der Waals surface area contributed by atoms with Gasteiger partial charge in [0.1, 0.15) is 11.3 Å². The van der Waals surface area contributed by atoms with Crippen molar-refractivity contribution in [1.29, 1.82) is 0 Å². The summed E-state index contributed by atoms with van der Waals surface area (Å²) in [6, 6.07) is 9.71. The molecule has 0 radical (unpaired) electrons. The average Bonchev–Trinajstić information content (AvgIpc) is 3.70. The maximum Gasteiger partial charge on any atom is 0.419 e. The molecular weight excluding hydrogens is 647 g/mol. The van der Waals surface area contributed by atoms with Gasteiger partial charge in [-0.2, -0.15) is 5.10 Å². The number of carboxylic acid groups (broad SMARTS) is 1. The molecule has 2 aromatic carbocycles. The summed E-state index contributed by atoms with van der Waals surface area (Å²) in [6.07, 6.45) is 2.11. The Bertz CT molecular complexity index is 2100. The molecule has 0 saturated carbocycles. The number of aromatic carboxylic acids is 1. The summed E-state index contributed by atoms with van der Waals surface area (Å²) in [4.78, 5) is 52.0. The Morgan fingerprint density at radius 2 is 1.92 bits per heavy atom. The number of hydrogen-bond donors (Lipinski definition) is 3. The Balaban J connectivity index is 0.000000290. The molecule has 0 spiro atoms. The van der Waals surface area contributed by atoms with Crippen LogP contribution in [0.15, 0.2) is 51.8 Å². The fraction of sp³-hybridized carbons (Fsp3) is 0.333. The van der Waals surface area contributed by atoms with Crippen LogP contribution in [-0.4, -0.2) is 47.7 Å². The molecule has 0 saturated heterocycles. The molecule has 1 aliphatic rings. The average molecular weight is 683 g/mol. The third-order valence-corrected chi connectivity index (χ3v) is 7.78. The molecule has 254 valence electrons. The number of ether oxygens (including phenoxy) is 1. The van der Waals surface area contributed by atoms with E-state index in [2.05, 4.69) is 15.4 Å². The zero-order valence-corrected chi connectivity index (χ0v) is 27.8. The number of aromatic nitrogens is 4. The highest BCUT2D eigenvalue weighted by Gasteiger charge is 2.30. The number of rotatable bonds is 6. The van der Waals surface area contributed by atoms with Crippen molar-refractivity contribution in [2.75, 3.05) is 0 Å². The van der Waals surface area contributed by atoms with Crippen LogP contribution < -0.4 is 16.8 Å². The number of nitrogens with zero attached hydrogens (tertiary/aromatic N) is 4. The summed E-state index contributed by atoms with van der Waals surface area (Å²) in [5.74, 6) is -3.54. The minimum absolute atomic E-state index is 0. The van der Waals surface area contributed by atoms with Crippen molar-refractivity contribution < 1.29 is 33.0 Å². The first-order valence-electron chi connectivity index (χ1n) is 15.0. The Morgan fingerprint density at radius 1 is 1.19 bits per heavy atom. The van der Waals surface area contributed by atoms with Gasteiger partial charge in [-0.15, -0.1) is 12.4 Å². The van der Waals surface area contributed by atoms with Gasteiger partial charge in [0.2, 0.25) is 0 Å². The number of carboxylic acids is 1. The maximum absolute atomic E-state index is 14.0. The van der Waals surface area contributed by atoms with Gasteiger partial charge in [0.05, 0.1) is 23.3 Å². The molecule has 5 aromatic rings. The van der Waals surface area contributed by atoms with Gasteiger partial charge in [0.15, 0.2) is 22.7 Å². The second-order valence-electron chi connectivity index (χ2n) is 12.1. The van der Waals surface area contributed by atoms with E-state index in [0.717, 1.165) is 44.5 Å². The Kier molecular flexibility index (Phi) is 10.4. The summed E-state index contributed by atoms with van der Waals surface area (Å²) >= 11 is 0. The maximum atomic E-state index is 14.0. The number of nitrogens with two attached hydrogens (primary N) is 1. The molecule has 0 fully saturated rings. The summed E-state index contributed by atoms with van der Waals surface area (Å²) in [5, 5.41) is 16.0. The van der Waals surface area contributed by atoms with Crippen LogP contribution >= 0.6 is 12.4 Å². The Hall–Kier alpha value is -5.08. The molecule has 48 heavy (non-hydrogen) atoms. The fourth-order valence-corrected chi connectivity index (χ4v) is 5.56. The third kappa shape index (κ3) is 7.09. The number of nitrogens with one attached hydrogen (secondary N) is 1. The van der Waals surface area contributed by atoms with Crippen molar-refractivity contribution in [2.45, 2.75) is 72.2 Å². The molecule has 3 heterocycles. The number of amides is 1. The molecule has 3 aromatic heterocycles. The number of oxazole rings is 1. The standard InChI is InChI=1S/C23H23FN4O5.C10H12N2O2.ClH/c1-11-12-7-8-16(14(12)6-5-13(11)22(32)33-23(2,3)4)27-20(29)18-9-17(21(30)31)26-19-15(24)10-25-28(18)19;1-2-12-8-5-7(6-11)3-4-9(8)14-10(12)13;/h5-6,9-10,16H,7-8H2,1-4H3,(H,27,29)(H,30,31);3-5H,2,6,11H2,1H3;1H/t16-;;/m0../s1. The highest BCUT2D eigenvalue weighted by molar-refractivity contribution is 5.96. The van der Waals surface area contributed by atoms with Gasteiger partial charge in [0.25, 0.3) is 5.91 Å². The lowest BCUT2D eigenvalue weighted by Crippen LogP contribution is -2.29. The van der Waals surface area contributed by atoms with Crippen LogP contribution in [0.3, 0.4) is 0 Å². The van der Waals surface area contributed by atoms with E-state index < -0.39 is 35.0 Å².